The van der Waals surface area contributed by atoms with Gasteiger partial charge in [-0.05, 0) is 36.6 Å². The van der Waals surface area contributed by atoms with Gasteiger partial charge in [0.1, 0.15) is 5.15 Å². The number of aromatic nitrogens is 1. The van der Waals surface area contributed by atoms with Gasteiger partial charge in [-0.15, -0.1) is 0 Å². The summed E-state index contributed by atoms with van der Waals surface area (Å²) >= 11 is 5.85. The molecule has 126 valence electrons. The van der Waals surface area contributed by atoms with Gasteiger partial charge >= 0.3 is 0 Å². The van der Waals surface area contributed by atoms with E-state index in [2.05, 4.69) is 15.2 Å². The van der Waals surface area contributed by atoms with Gasteiger partial charge in [-0.1, -0.05) is 29.8 Å². The van der Waals surface area contributed by atoms with Gasteiger partial charge in [0.05, 0.1) is 6.10 Å². The topological polar surface area (TPSA) is 65.5 Å². The molecule has 6 heteroatoms. The molecule has 0 spiro atoms. The first-order valence-electron chi connectivity index (χ1n) is 8.03. The molecule has 24 heavy (non-hydrogen) atoms. The summed E-state index contributed by atoms with van der Waals surface area (Å²) in [5.41, 5.74) is 2.33. The van der Waals surface area contributed by atoms with Crippen molar-refractivity contribution in [1.29, 1.82) is 0 Å². The van der Waals surface area contributed by atoms with E-state index in [0.29, 0.717) is 10.7 Å². The highest BCUT2D eigenvalue weighted by Crippen LogP contribution is 2.21. The first-order valence-corrected chi connectivity index (χ1v) is 8.41. The van der Waals surface area contributed by atoms with Crippen molar-refractivity contribution in [2.24, 2.45) is 0 Å². The van der Waals surface area contributed by atoms with Crippen LogP contribution in [0.3, 0.4) is 0 Å². The van der Waals surface area contributed by atoms with Crippen LogP contribution in [0.1, 0.15) is 28.8 Å². The molecule has 2 heterocycles. The van der Waals surface area contributed by atoms with E-state index in [1.54, 1.807) is 12.1 Å². The number of hydrogen-bond acceptors (Lipinski definition) is 4. The van der Waals surface area contributed by atoms with Crippen LogP contribution in [0.15, 0.2) is 42.6 Å². The van der Waals surface area contributed by atoms with Crippen molar-refractivity contribution in [3.63, 3.8) is 0 Å². The van der Waals surface area contributed by atoms with E-state index < -0.39 is 0 Å². The van der Waals surface area contributed by atoms with Gasteiger partial charge < -0.3 is 10.4 Å². The van der Waals surface area contributed by atoms with Gasteiger partial charge in [0.15, 0.2) is 0 Å². The van der Waals surface area contributed by atoms with Crippen LogP contribution in [0.5, 0.6) is 0 Å². The molecule has 0 saturated carbocycles. The van der Waals surface area contributed by atoms with Gasteiger partial charge in [-0.2, -0.15) is 0 Å². The number of aliphatic hydroxyl groups is 1. The van der Waals surface area contributed by atoms with Gasteiger partial charge in [-0.3, -0.25) is 9.69 Å². The number of carbonyl (C=O) groups is 1. The molecular weight excluding hydrogens is 326 g/mol. The number of carbonyl (C=O) groups excluding carboxylic acids is 1. The molecule has 2 aromatic rings. The fraction of sp³-hybridized carbons (Fsp3) is 0.333. The third-order valence-corrected chi connectivity index (χ3v) is 4.41. The summed E-state index contributed by atoms with van der Waals surface area (Å²) in [6.45, 7) is 2.48. The number of benzene rings is 1. The maximum atomic E-state index is 12.4. The van der Waals surface area contributed by atoms with Crippen LogP contribution < -0.4 is 5.32 Å². The number of nitrogens with zero attached hydrogens (tertiary/aromatic N) is 2. The highest BCUT2D eigenvalue weighted by atomic mass is 35.5. The molecule has 5 nitrogen and oxygen atoms in total. The standard InChI is InChI=1S/C18H20ClN3O2/c19-17-11-13(5-8-20-17)18(24)21-16-4-2-1-3-14(16)12-22-9-6-15(23)7-10-22/h1-5,8,11,15,23H,6-7,9-10,12H2,(H,21,24). The van der Waals surface area contributed by atoms with E-state index in [9.17, 15) is 9.90 Å². The Labute approximate surface area is 146 Å². The number of hydrogen-bond donors (Lipinski definition) is 2. The number of para-hydroxylation sites is 1. The van der Waals surface area contributed by atoms with E-state index in [4.69, 9.17) is 11.6 Å². The first-order chi connectivity index (χ1) is 11.6. The van der Waals surface area contributed by atoms with E-state index in [1.807, 2.05) is 24.3 Å². The number of anilines is 1. The molecule has 3 rings (SSSR count). The Bertz CT molecular complexity index is 715. The average molecular weight is 346 g/mol. The Hall–Kier alpha value is -1.95. The second-order valence-corrected chi connectivity index (χ2v) is 6.37. The van der Waals surface area contributed by atoms with Gasteiger partial charge in [-0.25, -0.2) is 4.98 Å². The average Bonchev–Trinajstić information content (AvgIpc) is 2.58. The minimum absolute atomic E-state index is 0.187. The number of rotatable bonds is 4. The van der Waals surface area contributed by atoms with Crippen LogP contribution in [0.25, 0.3) is 0 Å². The lowest BCUT2D eigenvalue weighted by Gasteiger charge is -2.30. The smallest absolute Gasteiger partial charge is 0.255 e. The Balaban J connectivity index is 1.71. The lowest BCUT2D eigenvalue weighted by molar-refractivity contribution is 0.0793. The molecule has 1 aromatic heterocycles. The minimum atomic E-state index is -0.208. The van der Waals surface area contributed by atoms with Crippen LogP contribution in [0, 0.1) is 0 Å². The predicted octanol–water partition coefficient (Wildman–Crippen LogP) is 2.94. The Morgan fingerprint density at radius 2 is 2.04 bits per heavy atom. The highest BCUT2D eigenvalue weighted by molar-refractivity contribution is 6.29. The quantitative estimate of drug-likeness (QED) is 0.836. The number of likely N-dealkylation sites (tertiary alicyclic amines) is 1. The Kier molecular flexibility index (Phi) is 5.45. The fourth-order valence-corrected chi connectivity index (χ4v) is 3.01. The van der Waals surface area contributed by atoms with E-state index in [0.717, 1.165) is 43.7 Å². The molecule has 1 amide bonds. The number of aliphatic hydroxyl groups excluding tert-OH is 1. The Morgan fingerprint density at radius 1 is 1.29 bits per heavy atom. The van der Waals surface area contributed by atoms with E-state index in [1.165, 1.54) is 6.20 Å². The minimum Gasteiger partial charge on any atom is -0.393 e. The zero-order valence-electron chi connectivity index (χ0n) is 13.3. The summed E-state index contributed by atoms with van der Waals surface area (Å²) in [4.78, 5) is 18.6. The molecule has 2 N–H and O–H groups in total. The molecule has 0 bridgehead atoms. The molecule has 0 atom stereocenters. The molecule has 0 radical (unpaired) electrons. The lowest BCUT2D eigenvalue weighted by atomic mass is 10.1. The van der Waals surface area contributed by atoms with Crippen LogP contribution in [0.4, 0.5) is 5.69 Å². The van der Waals surface area contributed by atoms with Crippen molar-refractivity contribution in [2.75, 3.05) is 18.4 Å². The molecule has 1 aliphatic heterocycles. The molecule has 1 fully saturated rings. The number of amides is 1. The maximum absolute atomic E-state index is 12.4. The molecule has 0 unspecified atom stereocenters. The normalized spacial score (nSPS) is 16.1. The zero-order chi connectivity index (χ0) is 16.9. The van der Waals surface area contributed by atoms with Gasteiger partial charge in [0, 0.05) is 37.1 Å². The Morgan fingerprint density at radius 3 is 2.79 bits per heavy atom. The van der Waals surface area contributed by atoms with Gasteiger partial charge in [0.2, 0.25) is 0 Å². The van der Waals surface area contributed by atoms with Crippen molar-refractivity contribution < 1.29 is 9.90 Å². The molecular formula is C18H20ClN3O2. The van der Waals surface area contributed by atoms with Crippen molar-refractivity contribution in [3.8, 4) is 0 Å². The monoisotopic (exact) mass is 345 g/mol. The van der Waals surface area contributed by atoms with Gasteiger partial charge in [0.25, 0.3) is 5.91 Å². The predicted molar refractivity (Wildman–Crippen MR) is 94.2 cm³/mol. The summed E-state index contributed by atoms with van der Waals surface area (Å²) in [5, 5.41) is 12.9. The number of halogens is 1. The summed E-state index contributed by atoms with van der Waals surface area (Å²) in [7, 11) is 0. The zero-order valence-corrected chi connectivity index (χ0v) is 14.0. The van der Waals surface area contributed by atoms with Crippen LogP contribution in [-0.2, 0) is 6.54 Å². The first kappa shape index (κ1) is 16.9. The van der Waals surface area contributed by atoms with Crippen LogP contribution in [-0.4, -0.2) is 40.1 Å². The summed E-state index contributed by atoms with van der Waals surface area (Å²) in [5.74, 6) is -0.208. The summed E-state index contributed by atoms with van der Waals surface area (Å²) in [6.07, 6.45) is 2.92. The summed E-state index contributed by atoms with van der Waals surface area (Å²) < 4.78 is 0. The SMILES string of the molecule is O=C(Nc1ccccc1CN1CCC(O)CC1)c1ccnc(Cl)c1. The maximum Gasteiger partial charge on any atom is 0.255 e. The fourth-order valence-electron chi connectivity index (χ4n) is 2.84. The lowest BCUT2D eigenvalue weighted by Crippen LogP contribution is -2.35. The highest BCUT2D eigenvalue weighted by Gasteiger charge is 2.18. The molecule has 1 aliphatic rings. The largest absolute Gasteiger partial charge is 0.393 e. The van der Waals surface area contributed by atoms with Crippen LogP contribution in [0.2, 0.25) is 5.15 Å². The number of nitrogens with one attached hydrogen (secondary N) is 1. The van der Waals surface area contributed by atoms with Crippen molar-refractivity contribution in [1.82, 2.24) is 9.88 Å². The number of piperidine rings is 1. The molecule has 1 aromatic carbocycles. The van der Waals surface area contributed by atoms with Crippen LogP contribution >= 0.6 is 11.6 Å². The third kappa shape index (κ3) is 4.32. The molecule has 1 saturated heterocycles. The molecule has 0 aliphatic carbocycles. The third-order valence-electron chi connectivity index (χ3n) is 4.21. The van der Waals surface area contributed by atoms with Crippen molar-refractivity contribution in [2.45, 2.75) is 25.5 Å². The van der Waals surface area contributed by atoms with Crippen molar-refractivity contribution in [3.05, 3.63) is 58.9 Å². The van der Waals surface area contributed by atoms with Crippen molar-refractivity contribution >= 4 is 23.2 Å². The van der Waals surface area contributed by atoms with E-state index >= 15 is 0 Å². The second kappa shape index (κ2) is 7.75. The summed E-state index contributed by atoms with van der Waals surface area (Å²) in [6, 6.07) is 11.0. The second-order valence-electron chi connectivity index (χ2n) is 5.99. The number of pyridine rings is 1. The van der Waals surface area contributed by atoms with E-state index in [-0.39, 0.29) is 12.0 Å².